The zero-order valence-electron chi connectivity index (χ0n) is 7.29. The number of carboxylic acid groups (broad SMARTS) is 1. The monoisotopic (exact) mass is 172 g/mol. The third-order valence-electron chi connectivity index (χ3n) is 2.36. The van der Waals surface area contributed by atoms with Gasteiger partial charge in [-0.05, 0) is 24.8 Å². The number of aliphatic carboxylic acids is 1. The van der Waals surface area contributed by atoms with Crippen molar-refractivity contribution >= 4 is 5.97 Å². The molecule has 0 radical (unpaired) electrons. The average molecular weight is 172 g/mol. The second kappa shape index (κ2) is 3.87. The smallest absolute Gasteiger partial charge is 0.321 e. The Labute approximate surface area is 72.1 Å². The third kappa shape index (κ3) is 2.79. The van der Waals surface area contributed by atoms with Gasteiger partial charge < -0.3 is 16.2 Å². The van der Waals surface area contributed by atoms with E-state index in [2.05, 4.69) is 12.2 Å². The van der Waals surface area contributed by atoms with Crippen molar-refractivity contribution in [2.75, 3.05) is 13.1 Å². The number of carbonyl (C=O) groups is 1. The maximum atomic E-state index is 10.3. The Morgan fingerprint density at radius 1 is 1.83 bits per heavy atom. The highest BCUT2D eigenvalue weighted by molar-refractivity contribution is 5.73. The third-order valence-corrected chi connectivity index (χ3v) is 2.36. The van der Waals surface area contributed by atoms with Crippen LogP contribution in [0.4, 0.5) is 0 Å². The standard InChI is InChI=1S/C8H16N2O2/c1-5-2-6(5)3-10-4-7(9)8(11)12/h5-7,10H,2-4,9H2,1H3,(H,11,12). The van der Waals surface area contributed by atoms with Crippen LogP contribution in [0.5, 0.6) is 0 Å². The topological polar surface area (TPSA) is 75.3 Å². The summed E-state index contributed by atoms with van der Waals surface area (Å²) in [5, 5.41) is 11.5. The molecule has 0 heterocycles. The van der Waals surface area contributed by atoms with Crippen LogP contribution >= 0.6 is 0 Å². The first-order chi connectivity index (χ1) is 5.61. The summed E-state index contributed by atoms with van der Waals surface area (Å²) in [5.74, 6) is 0.607. The van der Waals surface area contributed by atoms with Gasteiger partial charge in [0.15, 0.2) is 0 Å². The molecule has 0 saturated heterocycles. The van der Waals surface area contributed by atoms with Gasteiger partial charge in [-0.2, -0.15) is 0 Å². The quantitative estimate of drug-likeness (QED) is 0.529. The summed E-state index contributed by atoms with van der Waals surface area (Å²) in [6, 6.07) is -0.765. The maximum Gasteiger partial charge on any atom is 0.321 e. The van der Waals surface area contributed by atoms with E-state index in [-0.39, 0.29) is 0 Å². The zero-order chi connectivity index (χ0) is 9.14. The number of rotatable bonds is 5. The molecule has 1 saturated carbocycles. The fourth-order valence-corrected chi connectivity index (χ4v) is 1.20. The van der Waals surface area contributed by atoms with Gasteiger partial charge in [0, 0.05) is 6.54 Å². The van der Waals surface area contributed by atoms with Gasteiger partial charge in [-0.25, -0.2) is 0 Å². The normalized spacial score (nSPS) is 29.8. The molecule has 0 spiro atoms. The van der Waals surface area contributed by atoms with Crippen LogP contribution in [0.2, 0.25) is 0 Å². The fraction of sp³-hybridized carbons (Fsp3) is 0.875. The van der Waals surface area contributed by atoms with E-state index in [1.165, 1.54) is 6.42 Å². The van der Waals surface area contributed by atoms with E-state index in [4.69, 9.17) is 10.8 Å². The molecule has 0 aromatic rings. The predicted octanol–water partition coefficient (Wildman–Crippen LogP) is -0.356. The van der Waals surface area contributed by atoms with Crippen LogP contribution in [0.1, 0.15) is 13.3 Å². The summed E-state index contributed by atoms with van der Waals surface area (Å²) in [6.07, 6.45) is 1.26. The Bertz CT molecular complexity index is 172. The molecule has 3 atom stereocenters. The molecule has 0 bridgehead atoms. The predicted molar refractivity (Wildman–Crippen MR) is 45.8 cm³/mol. The summed E-state index contributed by atoms with van der Waals surface area (Å²) in [4.78, 5) is 10.3. The Kier molecular flexibility index (Phi) is 3.05. The van der Waals surface area contributed by atoms with Crippen LogP contribution in [-0.2, 0) is 4.79 Å². The lowest BCUT2D eigenvalue weighted by Gasteiger charge is -2.07. The second-order valence-electron chi connectivity index (χ2n) is 3.58. The van der Waals surface area contributed by atoms with Crippen LogP contribution in [0.3, 0.4) is 0 Å². The van der Waals surface area contributed by atoms with Crippen molar-refractivity contribution < 1.29 is 9.90 Å². The highest BCUT2D eigenvalue weighted by Crippen LogP contribution is 2.36. The molecule has 1 rings (SSSR count). The fourth-order valence-electron chi connectivity index (χ4n) is 1.20. The molecule has 1 aliphatic rings. The number of nitrogens with two attached hydrogens (primary N) is 1. The van der Waals surface area contributed by atoms with Crippen molar-refractivity contribution in [3.63, 3.8) is 0 Å². The van der Waals surface area contributed by atoms with Crippen LogP contribution in [0.15, 0.2) is 0 Å². The van der Waals surface area contributed by atoms with Crippen LogP contribution in [0, 0.1) is 11.8 Å². The van der Waals surface area contributed by atoms with Crippen LogP contribution in [-0.4, -0.2) is 30.2 Å². The molecule has 0 aromatic heterocycles. The van der Waals surface area contributed by atoms with Gasteiger partial charge in [-0.3, -0.25) is 4.79 Å². The van der Waals surface area contributed by atoms with Crippen molar-refractivity contribution in [2.24, 2.45) is 17.6 Å². The number of hydrogen-bond donors (Lipinski definition) is 3. The molecular weight excluding hydrogens is 156 g/mol. The van der Waals surface area contributed by atoms with Crippen molar-refractivity contribution in [2.45, 2.75) is 19.4 Å². The van der Waals surface area contributed by atoms with Gasteiger partial charge in [0.2, 0.25) is 0 Å². The first-order valence-electron chi connectivity index (χ1n) is 4.30. The molecular formula is C8H16N2O2. The van der Waals surface area contributed by atoms with E-state index in [1.54, 1.807) is 0 Å². The van der Waals surface area contributed by atoms with Gasteiger partial charge >= 0.3 is 5.97 Å². The van der Waals surface area contributed by atoms with Gasteiger partial charge in [0.1, 0.15) is 6.04 Å². The molecule has 4 N–H and O–H groups in total. The zero-order valence-corrected chi connectivity index (χ0v) is 7.29. The lowest BCUT2D eigenvalue weighted by atomic mass is 10.3. The lowest BCUT2D eigenvalue weighted by molar-refractivity contribution is -0.138. The van der Waals surface area contributed by atoms with E-state index in [0.29, 0.717) is 6.54 Å². The molecule has 4 heteroatoms. The highest BCUT2D eigenvalue weighted by atomic mass is 16.4. The van der Waals surface area contributed by atoms with Crippen molar-refractivity contribution in [3.05, 3.63) is 0 Å². The molecule has 70 valence electrons. The molecule has 0 amide bonds. The minimum absolute atomic E-state index is 0.374. The van der Waals surface area contributed by atoms with Gasteiger partial charge in [0.05, 0.1) is 0 Å². The number of hydrogen-bond acceptors (Lipinski definition) is 3. The molecule has 1 fully saturated rings. The lowest BCUT2D eigenvalue weighted by Crippen LogP contribution is -2.40. The summed E-state index contributed by atoms with van der Waals surface area (Å²) in [5.41, 5.74) is 5.30. The largest absolute Gasteiger partial charge is 0.480 e. The minimum atomic E-state index is -0.939. The Balaban J connectivity index is 1.98. The second-order valence-corrected chi connectivity index (χ2v) is 3.58. The van der Waals surface area contributed by atoms with Crippen LogP contribution in [0.25, 0.3) is 0 Å². The highest BCUT2D eigenvalue weighted by Gasteiger charge is 2.31. The molecule has 1 aliphatic carbocycles. The van der Waals surface area contributed by atoms with Gasteiger partial charge in [-0.15, -0.1) is 0 Å². The SMILES string of the molecule is CC1CC1CNCC(N)C(=O)O. The summed E-state index contributed by atoms with van der Waals surface area (Å²) < 4.78 is 0. The summed E-state index contributed by atoms with van der Waals surface area (Å²) in [6.45, 7) is 3.48. The average Bonchev–Trinajstić information content (AvgIpc) is 2.66. The molecule has 0 aromatic carbocycles. The first kappa shape index (κ1) is 9.48. The van der Waals surface area contributed by atoms with Crippen molar-refractivity contribution in [1.29, 1.82) is 0 Å². The summed E-state index contributed by atoms with van der Waals surface area (Å²) >= 11 is 0. The molecule has 12 heavy (non-hydrogen) atoms. The Morgan fingerprint density at radius 2 is 2.42 bits per heavy atom. The van der Waals surface area contributed by atoms with Crippen LogP contribution < -0.4 is 11.1 Å². The van der Waals surface area contributed by atoms with Gasteiger partial charge in [0.25, 0.3) is 0 Å². The van der Waals surface area contributed by atoms with E-state index in [9.17, 15) is 4.79 Å². The van der Waals surface area contributed by atoms with Crippen molar-refractivity contribution in [3.8, 4) is 0 Å². The van der Waals surface area contributed by atoms with E-state index in [0.717, 1.165) is 18.4 Å². The van der Waals surface area contributed by atoms with E-state index >= 15 is 0 Å². The van der Waals surface area contributed by atoms with E-state index in [1.807, 2.05) is 0 Å². The van der Waals surface area contributed by atoms with E-state index < -0.39 is 12.0 Å². The Morgan fingerprint density at radius 3 is 2.83 bits per heavy atom. The Hall–Kier alpha value is -0.610. The number of nitrogens with one attached hydrogen (secondary N) is 1. The molecule has 0 aliphatic heterocycles. The summed E-state index contributed by atoms with van der Waals surface area (Å²) in [7, 11) is 0. The van der Waals surface area contributed by atoms with Gasteiger partial charge in [-0.1, -0.05) is 6.92 Å². The van der Waals surface area contributed by atoms with Crippen molar-refractivity contribution in [1.82, 2.24) is 5.32 Å². The first-order valence-corrected chi connectivity index (χ1v) is 4.30. The molecule has 3 unspecified atom stereocenters. The number of carboxylic acids is 1. The maximum absolute atomic E-state index is 10.3. The molecule has 4 nitrogen and oxygen atoms in total. The minimum Gasteiger partial charge on any atom is -0.480 e.